The lowest BCUT2D eigenvalue weighted by Gasteiger charge is -2.23. The van der Waals surface area contributed by atoms with E-state index in [0.29, 0.717) is 0 Å². The molecule has 2 atom stereocenters. The molecule has 0 aromatic heterocycles. The van der Waals surface area contributed by atoms with Gasteiger partial charge in [0.05, 0.1) is 0 Å². The SMILES string of the molecule is CCCCCCCCCCCCCCC/C=C/C1N=CCN1C(C)O. The fourth-order valence-electron chi connectivity index (χ4n) is 3.47. The molecule has 25 heavy (non-hydrogen) atoms. The predicted octanol–water partition coefficient (Wildman–Crippen LogP) is 6.07. The standard InChI is InChI=1S/C22H42N2O/c1-3-4-5-6-7-8-9-10-11-12-13-14-15-16-17-18-22-23-19-20-24(22)21(2)25/h17-19,21-22,25H,3-16,20H2,1-2H3/b18-17+. The fraction of sp³-hybridized carbons (Fsp3) is 0.864. The number of aliphatic imine (C=N–C) groups is 1. The van der Waals surface area contributed by atoms with Gasteiger partial charge in [-0.05, 0) is 25.8 Å². The zero-order chi connectivity index (χ0) is 18.2. The highest BCUT2D eigenvalue weighted by Crippen LogP contribution is 2.14. The minimum absolute atomic E-state index is 0.0435. The van der Waals surface area contributed by atoms with E-state index in [-0.39, 0.29) is 6.17 Å². The average molecular weight is 351 g/mol. The maximum absolute atomic E-state index is 9.66. The Bertz CT molecular complexity index is 352. The van der Waals surface area contributed by atoms with Gasteiger partial charge in [-0.15, -0.1) is 0 Å². The van der Waals surface area contributed by atoms with Crippen molar-refractivity contribution in [2.24, 2.45) is 4.99 Å². The van der Waals surface area contributed by atoms with Crippen LogP contribution >= 0.6 is 0 Å². The summed E-state index contributed by atoms with van der Waals surface area (Å²) < 4.78 is 0. The van der Waals surface area contributed by atoms with Crippen LogP contribution in [0.2, 0.25) is 0 Å². The first-order valence-electron chi connectivity index (χ1n) is 10.9. The van der Waals surface area contributed by atoms with Gasteiger partial charge in [-0.3, -0.25) is 4.99 Å². The summed E-state index contributed by atoms with van der Waals surface area (Å²) in [6, 6.07) is 0. The maximum atomic E-state index is 9.66. The van der Waals surface area contributed by atoms with Crippen molar-refractivity contribution in [1.29, 1.82) is 0 Å². The van der Waals surface area contributed by atoms with E-state index in [2.05, 4.69) is 24.1 Å². The molecule has 0 spiro atoms. The van der Waals surface area contributed by atoms with Gasteiger partial charge in [-0.1, -0.05) is 90.0 Å². The number of hydrogen-bond acceptors (Lipinski definition) is 3. The van der Waals surface area contributed by atoms with E-state index in [9.17, 15) is 5.11 Å². The van der Waals surface area contributed by atoms with Crippen LogP contribution in [0.4, 0.5) is 0 Å². The van der Waals surface area contributed by atoms with Gasteiger partial charge < -0.3 is 5.11 Å². The summed E-state index contributed by atoms with van der Waals surface area (Å²) in [5.74, 6) is 0. The van der Waals surface area contributed by atoms with Crippen LogP contribution in [0, 0.1) is 0 Å². The summed E-state index contributed by atoms with van der Waals surface area (Å²) in [5.41, 5.74) is 0. The number of aliphatic hydroxyl groups is 1. The van der Waals surface area contributed by atoms with Gasteiger partial charge in [-0.25, -0.2) is 4.90 Å². The third-order valence-electron chi connectivity index (χ3n) is 5.15. The molecule has 0 saturated heterocycles. The molecule has 0 amide bonds. The van der Waals surface area contributed by atoms with Gasteiger partial charge in [0.25, 0.3) is 0 Å². The number of unbranched alkanes of at least 4 members (excludes halogenated alkanes) is 13. The van der Waals surface area contributed by atoms with E-state index >= 15 is 0 Å². The minimum atomic E-state index is -0.423. The monoisotopic (exact) mass is 350 g/mol. The van der Waals surface area contributed by atoms with Gasteiger partial charge >= 0.3 is 0 Å². The fourth-order valence-corrected chi connectivity index (χ4v) is 3.47. The summed E-state index contributed by atoms with van der Waals surface area (Å²) >= 11 is 0. The third-order valence-corrected chi connectivity index (χ3v) is 5.15. The largest absolute Gasteiger partial charge is 0.379 e. The molecule has 1 aliphatic rings. The smallest absolute Gasteiger partial charge is 0.122 e. The van der Waals surface area contributed by atoms with Gasteiger partial charge in [-0.2, -0.15) is 0 Å². The Morgan fingerprint density at radius 2 is 1.48 bits per heavy atom. The first kappa shape index (κ1) is 22.4. The number of aliphatic hydroxyl groups excluding tert-OH is 1. The highest BCUT2D eigenvalue weighted by molar-refractivity contribution is 5.62. The Morgan fingerprint density at radius 3 is 2.00 bits per heavy atom. The zero-order valence-corrected chi connectivity index (χ0v) is 16.8. The second kappa shape index (κ2) is 15.6. The highest BCUT2D eigenvalue weighted by Gasteiger charge is 2.21. The Kier molecular flexibility index (Phi) is 13.9. The molecule has 0 saturated carbocycles. The van der Waals surface area contributed by atoms with E-state index in [4.69, 9.17) is 0 Å². The molecule has 3 heteroatoms. The lowest BCUT2D eigenvalue weighted by atomic mass is 10.0. The van der Waals surface area contributed by atoms with E-state index in [1.165, 1.54) is 83.5 Å². The predicted molar refractivity (Wildman–Crippen MR) is 110 cm³/mol. The molecule has 1 N–H and O–H groups in total. The number of nitrogens with zero attached hydrogens (tertiary/aromatic N) is 2. The molecule has 3 nitrogen and oxygen atoms in total. The average Bonchev–Trinajstić information content (AvgIpc) is 3.07. The van der Waals surface area contributed by atoms with Crippen molar-refractivity contribution in [3.63, 3.8) is 0 Å². The van der Waals surface area contributed by atoms with Crippen molar-refractivity contribution in [3.8, 4) is 0 Å². The number of allylic oxidation sites excluding steroid dienone is 1. The lowest BCUT2D eigenvalue weighted by molar-refractivity contribution is 0.0214. The van der Waals surface area contributed by atoms with Gasteiger partial charge in [0.2, 0.25) is 0 Å². The van der Waals surface area contributed by atoms with Crippen LogP contribution in [0.1, 0.15) is 104 Å². The molecule has 0 bridgehead atoms. The van der Waals surface area contributed by atoms with E-state index < -0.39 is 6.23 Å². The normalized spacial score (nSPS) is 19.2. The van der Waals surface area contributed by atoms with Crippen LogP contribution in [0.15, 0.2) is 17.1 Å². The number of rotatable bonds is 16. The molecular formula is C22H42N2O. The van der Waals surface area contributed by atoms with E-state index in [0.717, 1.165) is 13.0 Å². The molecule has 0 fully saturated rings. The van der Waals surface area contributed by atoms with Crippen LogP contribution in [0.5, 0.6) is 0 Å². The summed E-state index contributed by atoms with van der Waals surface area (Å²) in [6.45, 7) is 4.85. The topological polar surface area (TPSA) is 35.8 Å². The van der Waals surface area contributed by atoms with Crippen molar-refractivity contribution in [1.82, 2.24) is 4.90 Å². The zero-order valence-electron chi connectivity index (χ0n) is 16.8. The van der Waals surface area contributed by atoms with Crippen LogP contribution < -0.4 is 0 Å². The van der Waals surface area contributed by atoms with E-state index in [1.807, 2.05) is 18.0 Å². The maximum Gasteiger partial charge on any atom is 0.122 e. The summed E-state index contributed by atoms with van der Waals surface area (Å²) in [4.78, 5) is 6.38. The van der Waals surface area contributed by atoms with E-state index in [1.54, 1.807) is 0 Å². The Balaban J connectivity index is 1.83. The van der Waals surface area contributed by atoms with Crippen molar-refractivity contribution in [2.45, 2.75) is 116 Å². The van der Waals surface area contributed by atoms with Gasteiger partial charge in [0.1, 0.15) is 12.4 Å². The molecule has 1 rings (SSSR count). The first-order valence-corrected chi connectivity index (χ1v) is 10.9. The van der Waals surface area contributed by atoms with Crippen LogP contribution in [-0.4, -0.2) is 35.2 Å². The third kappa shape index (κ3) is 11.5. The minimum Gasteiger partial charge on any atom is -0.379 e. The first-order chi connectivity index (χ1) is 12.3. The van der Waals surface area contributed by atoms with Crippen LogP contribution in [0.25, 0.3) is 0 Å². The summed E-state index contributed by atoms with van der Waals surface area (Å²) in [5, 5.41) is 9.66. The van der Waals surface area contributed by atoms with Crippen LogP contribution in [-0.2, 0) is 0 Å². The second-order valence-electron chi connectivity index (χ2n) is 7.53. The van der Waals surface area contributed by atoms with Crippen LogP contribution in [0.3, 0.4) is 0 Å². The molecule has 2 unspecified atom stereocenters. The lowest BCUT2D eigenvalue weighted by Crippen LogP contribution is -2.36. The molecule has 0 aromatic carbocycles. The second-order valence-corrected chi connectivity index (χ2v) is 7.53. The molecule has 0 aliphatic carbocycles. The summed E-state index contributed by atoms with van der Waals surface area (Å²) in [6.07, 6.45) is 25.3. The highest BCUT2D eigenvalue weighted by atomic mass is 16.3. The molecular weight excluding hydrogens is 308 g/mol. The van der Waals surface area contributed by atoms with Crippen molar-refractivity contribution >= 4 is 6.21 Å². The summed E-state index contributed by atoms with van der Waals surface area (Å²) in [7, 11) is 0. The Labute approximate surface area is 156 Å². The number of hydrogen-bond donors (Lipinski definition) is 1. The molecule has 1 heterocycles. The quantitative estimate of drug-likeness (QED) is 0.271. The Hall–Kier alpha value is -0.670. The van der Waals surface area contributed by atoms with Gasteiger partial charge in [0, 0.05) is 12.8 Å². The molecule has 1 aliphatic heterocycles. The Morgan fingerprint density at radius 1 is 0.960 bits per heavy atom. The molecule has 0 radical (unpaired) electrons. The molecule has 146 valence electrons. The van der Waals surface area contributed by atoms with Crippen molar-refractivity contribution in [2.75, 3.05) is 6.54 Å². The molecule has 0 aromatic rings. The van der Waals surface area contributed by atoms with Gasteiger partial charge in [0.15, 0.2) is 0 Å². The van der Waals surface area contributed by atoms with Crippen molar-refractivity contribution in [3.05, 3.63) is 12.2 Å². The van der Waals surface area contributed by atoms with Crippen molar-refractivity contribution < 1.29 is 5.11 Å².